The fourth-order valence-corrected chi connectivity index (χ4v) is 4.08. The summed E-state index contributed by atoms with van der Waals surface area (Å²) < 4.78 is 22.6. The van der Waals surface area contributed by atoms with Crippen LogP contribution in [0.4, 0.5) is 0 Å². The van der Waals surface area contributed by atoms with Crippen LogP contribution in [0.25, 0.3) is 0 Å². The first kappa shape index (κ1) is 13.5. The Morgan fingerprint density at radius 2 is 2.22 bits per heavy atom. The van der Waals surface area contributed by atoms with Crippen molar-refractivity contribution in [3.05, 3.63) is 12.2 Å². The highest BCUT2D eigenvalue weighted by Gasteiger charge is 2.31. The van der Waals surface area contributed by atoms with Gasteiger partial charge in [0.1, 0.15) is 0 Å². The van der Waals surface area contributed by atoms with Crippen molar-refractivity contribution in [3.63, 3.8) is 0 Å². The highest BCUT2D eigenvalue weighted by molar-refractivity contribution is 7.91. The van der Waals surface area contributed by atoms with Gasteiger partial charge in [0.15, 0.2) is 9.84 Å². The minimum atomic E-state index is -2.93. The molecule has 5 nitrogen and oxygen atoms in total. The fraction of sp³-hybridized carbons (Fsp3) is 0.750. The maximum Gasteiger partial charge on any atom is 0.237 e. The van der Waals surface area contributed by atoms with Gasteiger partial charge < -0.3 is 5.32 Å². The molecule has 0 radical (unpaired) electrons. The van der Waals surface area contributed by atoms with E-state index in [1.165, 1.54) is 0 Å². The molecule has 1 fully saturated rings. The summed E-state index contributed by atoms with van der Waals surface area (Å²) in [5.41, 5.74) is 0. The first-order valence-corrected chi connectivity index (χ1v) is 8.20. The Labute approximate surface area is 108 Å². The van der Waals surface area contributed by atoms with Gasteiger partial charge in [0.05, 0.1) is 17.5 Å². The molecular weight excluding hydrogens is 252 g/mol. The number of sulfone groups is 1. The number of nitrogens with one attached hydrogen (secondary N) is 1. The SMILES string of the molecule is CC(C(=O)NC1CCS(=O)(=O)C1)N1CC=CCC1. The second-order valence-corrected chi connectivity index (χ2v) is 7.27. The molecule has 18 heavy (non-hydrogen) atoms. The third-order valence-corrected chi connectivity index (χ3v) is 5.36. The van der Waals surface area contributed by atoms with Crippen LogP contribution in [0.2, 0.25) is 0 Å². The van der Waals surface area contributed by atoms with Crippen LogP contribution in [0, 0.1) is 0 Å². The zero-order chi connectivity index (χ0) is 13.2. The lowest BCUT2D eigenvalue weighted by Crippen LogP contribution is -2.49. The van der Waals surface area contributed by atoms with Gasteiger partial charge >= 0.3 is 0 Å². The Kier molecular flexibility index (Phi) is 4.07. The van der Waals surface area contributed by atoms with Crippen molar-refractivity contribution in [3.8, 4) is 0 Å². The minimum Gasteiger partial charge on any atom is -0.351 e. The van der Waals surface area contributed by atoms with Gasteiger partial charge in [-0.3, -0.25) is 9.69 Å². The second kappa shape index (κ2) is 5.40. The summed E-state index contributed by atoms with van der Waals surface area (Å²) in [5.74, 6) is 0.219. The highest BCUT2D eigenvalue weighted by Crippen LogP contribution is 2.12. The van der Waals surface area contributed by atoms with E-state index in [-0.39, 0.29) is 29.5 Å². The second-order valence-electron chi connectivity index (χ2n) is 5.04. The zero-order valence-electron chi connectivity index (χ0n) is 10.6. The highest BCUT2D eigenvalue weighted by atomic mass is 32.2. The van der Waals surface area contributed by atoms with Gasteiger partial charge in [-0.1, -0.05) is 12.2 Å². The number of nitrogens with zero attached hydrogens (tertiary/aromatic N) is 1. The molecule has 1 amide bonds. The van der Waals surface area contributed by atoms with E-state index in [9.17, 15) is 13.2 Å². The molecule has 0 saturated carbocycles. The van der Waals surface area contributed by atoms with Gasteiger partial charge in [0.25, 0.3) is 0 Å². The normalized spacial score (nSPS) is 29.1. The summed E-state index contributed by atoms with van der Waals surface area (Å²) in [7, 11) is -2.93. The van der Waals surface area contributed by atoms with E-state index in [1.54, 1.807) is 0 Å². The molecule has 2 aliphatic heterocycles. The Bertz CT molecular complexity index is 444. The van der Waals surface area contributed by atoms with E-state index in [1.807, 2.05) is 6.92 Å². The van der Waals surface area contributed by atoms with Crippen molar-refractivity contribution >= 4 is 15.7 Å². The lowest BCUT2D eigenvalue weighted by molar-refractivity contribution is -0.126. The van der Waals surface area contributed by atoms with E-state index in [2.05, 4.69) is 22.4 Å². The van der Waals surface area contributed by atoms with Crippen LogP contribution in [0.5, 0.6) is 0 Å². The lowest BCUT2D eigenvalue weighted by atomic mass is 10.1. The predicted octanol–water partition coefficient (Wildman–Crippen LogP) is -0.0599. The molecule has 102 valence electrons. The van der Waals surface area contributed by atoms with Gasteiger partial charge in [-0.25, -0.2) is 8.42 Å². The van der Waals surface area contributed by atoms with E-state index in [4.69, 9.17) is 0 Å². The molecule has 0 aromatic rings. The van der Waals surface area contributed by atoms with Crippen LogP contribution >= 0.6 is 0 Å². The van der Waals surface area contributed by atoms with Gasteiger partial charge in [-0.15, -0.1) is 0 Å². The summed E-state index contributed by atoms with van der Waals surface area (Å²) >= 11 is 0. The van der Waals surface area contributed by atoms with Crippen LogP contribution < -0.4 is 5.32 Å². The molecule has 2 rings (SSSR count). The first-order valence-electron chi connectivity index (χ1n) is 6.38. The maximum atomic E-state index is 12.0. The van der Waals surface area contributed by atoms with Crippen LogP contribution in [-0.4, -0.2) is 55.9 Å². The molecule has 6 heteroatoms. The molecule has 2 atom stereocenters. The minimum absolute atomic E-state index is 0.0626. The van der Waals surface area contributed by atoms with Crippen molar-refractivity contribution in [1.29, 1.82) is 0 Å². The van der Waals surface area contributed by atoms with E-state index >= 15 is 0 Å². The molecule has 2 heterocycles. The van der Waals surface area contributed by atoms with Gasteiger partial charge in [-0.2, -0.15) is 0 Å². The number of amides is 1. The monoisotopic (exact) mass is 272 g/mol. The van der Waals surface area contributed by atoms with Crippen molar-refractivity contribution in [2.24, 2.45) is 0 Å². The first-order chi connectivity index (χ1) is 8.48. The maximum absolute atomic E-state index is 12.0. The number of hydrogen-bond acceptors (Lipinski definition) is 4. The number of rotatable bonds is 3. The van der Waals surface area contributed by atoms with Gasteiger partial charge in [0, 0.05) is 19.1 Å². The molecule has 0 aromatic carbocycles. The summed E-state index contributed by atoms with van der Waals surface area (Å²) in [5, 5.41) is 2.85. The fourth-order valence-electron chi connectivity index (χ4n) is 2.41. The number of hydrogen-bond donors (Lipinski definition) is 1. The molecule has 0 bridgehead atoms. The number of carbonyl (C=O) groups excluding carboxylic acids is 1. The largest absolute Gasteiger partial charge is 0.351 e. The Morgan fingerprint density at radius 1 is 1.44 bits per heavy atom. The zero-order valence-corrected chi connectivity index (χ0v) is 11.4. The number of carbonyl (C=O) groups is 1. The standard InChI is InChI=1S/C12H20N2O3S/c1-10(14-6-3-2-4-7-14)12(15)13-11-5-8-18(16,17)9-11/h2-3,10-11H,4-9H2,1H3,(H,13,15). The molecule has 0 aromatic heterocycles. The molecule has 1 N–H and O–H groups in total. The summed E-state index contributed by atoms with van der Waals surface area (Å²) in [4.78, 5) is 14.1. The van der Waals surface area contributed by atoms with E-state index in [0.29, 0.717) is 6.42 Å². The predicted molar refractivity (Wildman–Crippen MR) is 70.0 cm³/mol. The molecule has 0 spiro atoms. The van der Waals surface area contributed by atoms with Gasteiger partial charge in [0.2, 0.25) is 5.91 Å². The van der Waals surface area contributed by atoms with Crippen LogP contribution in [0.1, 0.15) is 19.8 Å². The lowest BCUT2D eigenvalue weighted by Gasteiger charge is -2.29. The molecule has 0 aliphatic carbocycles. The van der Waals surface area contributed by atoms with Gasteiger partial charge in [-0.05, 0) is 19.8 Å². The molecule has 2 unspecified atom stereocenters. The van der Waals surface area contributed by atoms with Crippen LogP contribution in [0.3, 0.4) is 0 Å². The van der Waals surface area contributed by atoms with Crippen molar-refractivity contribution < 1.29 is 13.2 Å². The summed E-state index contributed by atoms with van der Waals surface area (Å²) in [6.07, 6.45) is 5.69. The smallest absolute Gasteiger partial charge is 0.237 e. The van der Waals surface area contributed by atoms with Crippen molar-refractivity contribution in [2.75, 3.05) is 24.6 Å². The Balaban J connectivity index is 1.86. The van der Waals surface area contributed by atoms with Crippen LogP contribution in [0.15, 0.2) is 12.2 Å². The van der Waals surface area contributed by atoms with E-state index in [0.717, 1.165) is 19.5 Å². The summed E-state index contributed by atoms with van der Waals surface area (Å²) in [6.45, 7) is 3.55. The third-order valence-electron chi connectivity index (χ3n) is 3.60. The Hall–Kier alpha value is -0.880. The molecular formula is C12H20N2O3S. The molecule has 2 aliphatic rings. The average molecular weight is 272 g/mol. The van der Waals surface area contributed by atoms with Crippen molar-refractivity contribution in [2.45, 2.75) is 31.8 Å². The van der Waals surface area contributed by atoms with Crippen molar-refractivity contribution in [1.82, 2.24) is 10.2 Å². The topological polar surface area (TPSA) is 66.5 Å². The van der Waals surface area contributed by atoms with Crippen LogP contribution in [-0.2, 0) is 14.6 Å². The Morgan fingerprint density at radius 3 is 2.78 bits per heavy atom. The summed E-state index contributed by atoms with van der Waals surface area (Å²) in [6, 6.07) is -0.400. The quantitative estimate of drug-likeness (QED) is 0.731. The average Bonchev–Trinajstić information content (AvgIpc) is 2.68. The van der Waals surface area contributed by atoms with E-state index < -0.39 is 9.84 Å². The molecule has 1 saturated heterocycles. The third kappa shape index (κ3) is 3.32.